The second kappa shape index (κ2) is 8.93. The number of halogens is 1. The van der Waals surface area contributed by atoms with E-state index >= 15 is 0 Å². The summed E-state index contributed by atoms with van der Waals surface area (Å²) in [6, 6.07) is 4.93. The van der Waals surface area contributed by atoms with Crippen LogP contribution in [0, 0.1) is 5.82 Å². The number of carbonyl (C=O) groups is 1. The number of hydrogen-bond acceptors (Lipinski definition) is 4. The van der Waals surface area contributed by atoms with E-state index in [1.807, 2.05) is 6.07 Å². The molecular weight excluding hydrogens is 265 g/mol. The second-order valence-corrected chi connectivity index (χ2v) is 5.00. The molecule has 0 atom stereocenters. The van der Waals surface area contributed by atoms with Crippen LogP contribution in [-0.4, -0.2) is 24.9 Å². The minimum Gasteiger partial charge on any atom is -0.465 e. The molecule has 5 heteroatoms. The van der Waals surface area contributed by atoms with Crippen LogP contribution in [0.3, 0.4) is 0 Å². The summed E-state index contributed by atoms with van der Waals surface area (Å²) < 4.78 is 18.6. The molecule has 0 fully saturated rings. The highest BCUT2D eigenvalue weighted by molar-refractivity contribution is 8.00. The zero-order valence-corrected chi connectivity index (χ0v) is 12.2. The van der Waals surface area contributed by atoms with E-state index in [2.05, 4.69) is 12.2 Å². The Hall–Kier alpha value is -1.07. The number of ether oxygens (including phenoxy) is 1. The van der Waals surface area contributed by atoms with Gasteiger partial charge < -0.3 is 10.1 Å². The zero-order valence-electron chi connectivity index (χ0n) is 11.4. The molecule has 0 heterocycles. The second-order valence-electron chi connectivity index (χ2n) is 3.99. The van der Waals surface area contributed by atoms with Gasteiger partial charge in [0.2, 0.25) is 0 Å². The fourth-order valence-electron chi connectivity index (χ4n) is 1.58. The molecule has 19 heavy (non-hydrogen) atoms. The standard InChI is InChI=1S/C14H20FNO2S/c1-3-8-16-9-11-12(15)6-5-7-13(11)19-10-14(17)18-4-2/h5-7,16H,3-4,8-10H2,1-2H3. The molecule has 0 spiro atoms. The van der Waals surface area contributed by atoms with Crippen molar-refractivity contribution < 1.29 is 13.9 Å². The third-order valence-electron chi connectivity index (χ3n) is 2.46. The average Bonchev–Trinajstić information content (AvgIpc) is 2.39. The van der Waals surface area contributed by atoms with Gasteiger partial charge in [0.15, 0.2) is 0 Å². The van der Waals surface area contributed by atoms with Crippen molar-refractivity contribution in [3.8, 4) is 0 Å². The van der Waals surface area contributed by atoms with Gasteiger partial charge in [0.1, 0.15) is 5.82 Å². The van der Waals surface area contributed by atoms with E-state index in [9.17, 15) is 9.18 Å². The van der Waals surface area contributed by atoms with Crippen LogP contribution in [0.2, 0.25) is 0 Å². The summed E-state index contributed by atoms with van der Waals surface area (Å²) in [5.41, 5.74) is 0.616. The van der Waals surface area contributed by atoms with E-state index in [1.54, 1.807) is 13.0 Å². The van der Waals surface area contributed by atoms with E-state index in [0.717, 1.165) is 17.9 Å². The first-order valence-corrected chi connectivity index (χ1v) is 7.44. The molecule has 0 bridgehead atoms. The minimum absolute atomic E-state index is 0.206. The van der Waals surface area contributed by atoms with Crippen LogP contribution in [0.25, 0.3) is 0 Å². The summed E-state index contributed by atoms with van der Waals surface area (Å²) in [5, 5.41) is 3.18. The third kappa shape index (κ3) is 5.61. The van der Waals surface area contributed by atoms with Gasteiger partial charge in [-0.3, -0.25) is 4.79 Å². The lowest BCUT2D eigenvalue weighted by Crippen LogP contribution is -2.16. The highest BCUT2D eigenvalue weighted by atomic mass is 32.2. The van der Waals surface area contributed by atoms with Gasteiger partial charge in [-0.05, 0) is 32.0 Å². The van der Waals surface area contributed by atoms with Crippen LogP contribution in [0.5, 0.6) is 0 Å². The molecule has 1 aromatic rings. The predicted molar refractivity (Wildman–Crippen MR) is 75.8 cm³/mol. The van der Waals surface area contributed by atoms with Crippen LogP contribution in [0.4, 0.5) is 4.39 Å². The fourth-order valence-corrected chi connectivity index (χ4v) is 2.45. The van der Waals surface area contributed by atoms with Crippen LogP contribution in [0.1, 0.15) is 25.8 Å². The predicted octanol–water partition coefficient (Wildman–Crippen LogP) is 2.98. The van der Waals surface area contributed by atoms with E-state index in [4.69, 9.17) is 4.74 Å². The van der Waals surface area contributed by atoms with Crippen molar-refractivity contribution in [2.75, 3.05) is 18.9 Å². The van der Waals surface area contributed by atoms with Gasteiger partial charge in [-0.1, -0.05) is 13.0 Å². The van der Waals surface area contributed by atoms with E-state index in [0.29, 0.717) is 18.7 Å². The van der Waals surface area contributed by atoms with Crippen molar-refractivity contribution in [1.29, 1.82) is 0 Å². The van der Waals surface area contributed by atoms with E-state index in [1.165, 1.54) is 17.8 Å². The largest absolute Gasteiger partial charge is 0.465 e. The maximum Gasteiger partial charge on any atom is 0.316 e. The van der Waals surface area contributed by atoms with Crippen molar-refractivity contribution >= 4 is 17.7 Å². The highest BCUT2D eigenvalue weighted by Gasteiger charge is 2.10. The normalized spacial score (nSPS) is 10.5. The number of thioether (sulfide) groups is 1. The van der Waals surface area contributed by atoms with Gasteiger partial charge in [0.05, 0.1) is 12.4 Å². The van der Waals surface area contributed by atoms with Crippen molar-refractivity contribution in [2.24, 2.45) is 0 Å². The maximum absolute atomic E-state index is 13.8. The van der Waals surface area contributed by atoms with Crippen molar-refractivity contribution in [3.63, 3.8) is 0 Å². The van der Waals surface area contributed by atoms with Crippen molar-refractivity contribution in [1.82, 2.24) is 5.32 Å². The number of nitrogens with one attached hydrogen (secondary N) is 1. The molecule has 0 aromatic heterocycles. The number of hydrogen-bond donors (Lipinski definition) is 1. The smallest absolute Gasteiger partial charge is 0.316 e. The summed E-state index contributed by atoms with van der Waals surface area (Å²) in [6.45, 7) is 5.52. The van der Waals surface area contributed by atoms with Crippen LogP contribution in [0.15, 0.2) is 23.1 Å². The molecular formula is C14H20FNO2S. The first-order valence-electron chi connectivity index (χ1n) is 6.45. The Morgan fingerprint density at radius 1 is 1.42 bits per heavy atom. The summed E-state index contributed by atoms with van der Waals surface area (Å²) >= 11 is 1.31. The van der Waals surface area contributed by atoms with Gasteiger partial charge in [-0.15, -0.1) is 11.8 Å². The molecule has 1 N–H and O–H groups in total. The Balaban J connectivity index is 2.65. The quantitative estimate of drug-likeness (QED) is 0.453. The summed E-state index contributed by atoms with van der Waals surface area (Å²) in [7, 11) is 0. The van der Waals surface area contributed by atoms with Gasteiger partial charge in [0, 0.05) is 17.0 Å². The molecule has 106 valence electrons. The molecule has 1 rings (SSSR count). The number of rotatable bonds is 8. The molecule has 0 aliphatic rings. The Kier molecular flexibility index (Phi) is 7.52. The van der Waals surface area contributed by atoms with E-state index in [-0.39, 0.29) is 17.5 Å². The molecule has 0 radical (unpaired) electrons. The Morgan fingerprint density at radius 3 is 2.89 bits per heavy atom. The minimum atomic E-state index is -0.274. The van der Waals surface area contributed by atoms with E-state index < -0.39 is 0 Å². The van der Waals surface area contributed by atoms with Crippen LogP contribution >= 0.6 is 11.8 Å². The lowest BCUT2D eigenvalue weighted by molar-refractivity contribution is -0.139. The van der Waals surface area contributed by atoms with Gasteiger partial charge in [-0.25, -0.2) is 4.39 Å². The molecule has 0 amide bonds. The van der Waals surface area contributed by atoms with Crippen molar-refractivity contribution in [3.05, 3.63) is 29.6 Å². The molecule has 0 saturated heterocycles. The Morgan fingerprint density at radius 2 is 2.21 bits per heavy atom. The first kappa shape index (κ1) is 16.0. The monoisotopic (exact) mass is 285 g/mol. The highest BCUT2D eigenvalue weighted by Crippen LogP contribution is 2.25. The summed E-state index contributed by atoms with van der Waals surface area (Å²) in [5.74, 6) is -0.306. The van der Waals surface area contributed by atoms with Crippen molar-refractivity contribution in [2.45, 2.75) is 31.7 Å². The average molecular weight is 285 g/mol. The number of carbonyl (C=O) groups excluding carboxylic acids is 1. The van der Waals surface area contributed by atoms with Crippen LogP contribution in [-0.2, 0) is 16.1 Å². The molecule has 0 aliphatic heterocycles. The molecule has 3 nitrogen and oxygen atoms in total. The third-order valence-corrected chi connectivity index (χ3v) is 3.53. The summed E-state index contributed by atoms with van der Waals surface area (Å²) in [6.07, 6.45) is 1.000. The zero-order chi connectivity index (χ0) is 14.1. The lowest BCUT2D eigenvalue weighted by Gasteiger charge is -2.10. The molecule has 0 unspecified atom stereocenters. The topological polar surface area (TPSA) is 38.3 Å². The summed E-state index contributed by atoms with van der Waals surface area (Å²) in [4.78, 5) is 12.1. The number of benzene rings is 1. The van der Waals surface area contributed by atoms with Crippen LogP contribution < -0.4 is 5.32 Å². The lowest BCUT2D eigenvalue weighted by atomic mass is 10.2. The van der Waals surface area contributed by atoms with Gasteiger partial charge in [-0.2, -0.15) is 0 Å². The SMILES string of the molecule is CCCNCc1c(F)cccc1SCC(=O)OCC. The Bertz CT molecular complexity index is 412. The molecule has 0 aliphatic carbocycles. The van der Waals surface area contributed by atoms with Gasteiger partial charge in [0.25, 0.3) is 0 Å². The molecule has 0 saturated carbocycles. The first-order chi connectivity index (χ1) is 9.19. The number of esters is 1. The van der Waals surface area contributed by atoms with Gasteiger partial charge >= 0.3 is 5.97 Å². The molecule has 1 aromatic carbocycles. The maximum atomic E-state index is 13.8. The Labute approximate surface area is 117 Å². The fraction of sp³-hybridized carbons (Fsp3) is 0.500.